The van der Waals surface area contributed by atoms with Gasteiger partial charge < -0.3 is 10.6 Å². The highest BCUT2D eigenvalue weighted by Gasteiger charge is 2.17. The molecule has 3 rings (SSSR count). The van der Waals surface area contributed by atoms with E-state index in [1.165, 1.54) is 36.5 Å². The summed E-state index contributed by atoms with van der Waals surface area (Å²) in [4.78, 5) is 16.1. The van der Waals surface area contributed by atoms with Crippen LogP contribution in [0.25, 0.3) is 0 Å². The fourth-order valence-corrected chi connectivity index (χ4v) is 3.40. The van der Waals surface area contributed by atoms with E-state index < -0.39 is 15.9 Å². The molecule has 0 aliphatic heterocycles. The summed E-state index contributed by atoms with van der Waals surface area (Å²) in [5.41, 5.74) is 2.06. The van der Waals surface area contributed by atoms with E-state index in [4.69, 9.17) is 0 Å². The van der Waals surface area contributed by atoms with Crippen LogP contribution >= 0.6 is 0 Å². The molecule has 9 heteroatoms. The molecule has 3 aromatic rings. The highest BCUT2D eigenvalue weighted by Crippen LogP contribution is 2.21. The van der Waals surface area contributed by atoms with Gasteiger partial charge in [0, 0.05) is 35.9 Å². The highest BCUT2D eigenvalue weighted by molar-refractivity contribution is 7.91. The summed E-state index contributed by atoms with van der Waals surface area (Å²) < 4.78 is 25.1. The van der Waals surface area contributed by atoms with E-state index in [9.17, 15) is 13.2 Å². The van der Waals surface area contributed by atoms with Gasteiger partial charge in [-0.3, -0.25) is 10.1 Å². The van der Waals surface area contributed by atoms with E-state index >= 15 is 0 Å². The number of carbonyl (C=O) groups is 1. The molecule has 0 saturated carbocycles. The van der Waals surface area contributed by atoms with Crippen LogP contribution in [0.5, 0.6) is 0 Å². The summed E-state index contributed by atoms with van der Waals surface area (Å²) in [6.45, 7) is 2.11. The van der Waals surface area contributed by atoms with Gasteiger partial charge in [0.15, 0.2) is 0 Å². The predicted octanol–water partition coefficient (Wildman–Crippen LogP) is 2.27. The van der Waals surface area contributed by atoms with E-state index in [2.05, 4.69) is 25.8 Å². The largest absolute Gasteiger partial charge is 0.334 e. The molecule has 134 valence electrons. The Bertz CT molecular complexity index is 982. The number of H-pyrrole nitrogens is 1. The van der Waals surface area contributed by atoms with Gasteiger partial charge in [-0.2, -0.15) is 5.10 Å². The van der Waals surface area contributed by atoms with Gasteiger partial charge in [-0.25, -0.2) is 13.2 Å². The summed E-state index contributed by atoms with van der Waals surface area (Å²) in [5, 5.41) is 11.8. The van der Waals surface area contributed by atoms with Crippen molar-refractivity contribution in [2.45, 2.75) is 23.3 Å². The summed E-state index contributed by atoms with van der Waals surface area (Å²) in [7, 11) is -3.64. The molecule has 0 aliphatic rings. The van der Waals surface area contributed by atoms with Gasteiger partial charge in [-0.1, -0.05) is 0 Å². The molecule has 26 heavy (non-hydrogen) atoms. The first-order valence-electron chi connectivity index (χ1n) is 7.75. The Hall–Kier alpha value is -3.20. The number of carbonyl (C=O) groups excluding carboxylic acids is 1. The average molecular weight is 371 g/mol. The second kappa shape index (κ2) is 7.36. The Kier molecular flexibility index (Phi) is 4.99. The third kappa shape index (κ3) is 4.06. The third-order valence-corrected chi connectivity index (χ3v) is 5.38. The van der Waals surface area contributed by atoms with Gasteiger partial charge in [0.1, 0.15) is 0 Å². The molecule has 2 heterocycles. The maximum absolute atomic E-state index is 12.6. The summed E-state index contributed by atoms with van der Waals surface area (Å²) in [6, 6.07) is 8.73. The molecule has 2 aromatic heterocycles. The van der Waals surface area contributed by atoms with Gasteiger partial charge >= 0.3 is 6.03 Å². The zero-order chi connectivity index (χ0) is 18.6. The van der Waals surface area contributed by atoms with Crippen molar-refractivity contribution >= 4 is 21.6 Å². The molecule has 3 N–H and O–H groups in total. The molecule has 0 atom stereocenters. The summed E-state index contributed by atoms with van der Waals surface area (Å²) >= 11 is 0. The zero-order valence-corrected chi connectivity index (χ0v) is 14.7. The molecule has 8 nitrogen and oxygen atoms in total. The van der Waals surface area contributed by atoms with E-state index in [0.717, 1.165) is 11.3 Å². The van der Waals surface area contributed by atoms with Crippen molar-refractivity contribution in [2.24, 2.45) is 0 Å². The third-order valence-electron chi connectivity index (χ3n) is 3.62. The van der Waals surface area contributed by atoms with Crippen LogP contribution in [0.15, 0.2) is 64.8 Å². The number of aryl methyl sites for hydroxylation is 1. The number of benzene rings is 1. The number of hydrogen-bond acceptors (Lipinski definition) is 5. The SMILES string of the molecule is Cc1ccc(S(=O)(=O)c2ccc(NC(=O)NCc3cn[nH]c3)cc2)cn1. The predicted molar refractivity (Wildman–Crippen MR) is 95.3 cm³/mol. The first-order chi connectivity index (χ1) is 12.4. The van der Waals surface area contributed by atoms with Gasteiger partial charge in [-0.05, 0) is 43.3 Å². The monoisotopic (exact) mass is 371 g/mol. The number of aromatic amines is 1. The molecule has 0 fully saturated rings. The molecule has 0 unspecified atom stereocenters. The molecule has 0 radical (unpaired) electrons. The maximum atomic E-state index is 12.6. The lowest BCUT2D eigenvalue weighted by molar-refractivity contribution is 0.251. The van der Waals surface area contributed by atoms with Crippen molar-refractivity contribution in [3.05, 3.63) is 66.2 Å². The Morgan fingerprint density at radius 3 is 2.42 bits per heavy atom. The zero-order valence-electron chi connectivity index (χ0n) is 13.9. The first-order valence-corrected chi connectivity index (χ1v) is 9.24. The Morgan fingerprint density at radius 2 is 1.81 bits per heavy atom. The lowest BCUT2D eigenvalue weighted by atomic mass is 10.3. The van der Waals surface area contributed by atoms with Crippen molar-refractivity contribution in [3.63, 3.8) is 0 Å². The number of nitrogens with zero attached hydrogens (tertiary/aromatic N) is 2. The highest BCUT2D eigenvalue weighted by atomic mass is 32.2. The lowest BCUT2D eigenvalue weighted by Gasteiger charge is -2.08. The molecular formula is C17H17N5O3S. The maximum Gasteiger partial charge on any atom is 0.319 e. The Balaban J connectivity index is 1.66. The smallest absolute Gasteiger partial charge is 0.319 e. The second-order valence-electron chi connectivity index (χ2n) is 5.58. The topological polar surface area (TPSA) is 117 Å². The Labute approximate surface area is 150 Å². The van der Waals surface area contributed by atoms with E-state index in [0.29, 0.717) is 12.2 Å². The number of nitrogens with one attached hydrogen (secondary N) is 3. The standard InChI is InChI=1S/C17H17N5O3S/c1-12-2-5-16(11-18-12)26(24,25)15-6-3-14(4-7-15)22-17(23)19-8-13-9-20-21-10-13/h2-7,9-11H,8H2,1H3,(H,20,21)(H2,19,22,23). The molecule has 0 saturated heterocycles. The van der Waals surface area contributed by atoms with Crippen molar-refractivity contribution in [1.29, 1.82) is 0 Å². The van der Waals surface area contributed by atoms with Gasteiger partial charge in [0.25, 0.3) is 0 Å². The molecule has 1 aromatic carbocycles. The van der Waals surface area contributed by atoms with Crippen LogP contribution in [0.4, 0.5) is 10.5 Å². The van der Waals surface area contributed by atoms with Crippen LogP contribution in [0.2, 0.25) is 0 Å². The number of rotatable bonds is 5. The minimum atomic E-state index is -3.64. The number of aromatic nitrogens is 3. The van der Waals surface area contributed by atoms with Gasteiger partial charge in [0.2, 0.25) is 9.84 Å². The summed E-state index contributed by atoms with van der Waals surface area (Å²) in [6.07, 6.45) is 4.62. The van der Waals surface area contributed by atoms with Crippen LogP contribution < -0.4 is 10.6 Å². The number of amides is 2. The number of hydrogen-bond donors (Lipinski definition) is 3. The number of sulfone groups is 1. The van der Waals surface area contributed by atoms with Gasteiger partial charge in [0.05, 0.1) is 16.0 Å². The van der Waals surface area contributed by atoms with Crippen molar-refractivity contribution in [2.75, 3.05) is 5.32 Å². The lowest BCUT2D eigenvalue weighted by Crippen LogP contribution is -2.28. The fourth-order valence-electron chi connectivity index (χ4n) is 2.20. The molecular weight excluding hydrogens is 354 g/mol. The normalized spacial score (nSPS) is 11.1. The minimum absolute atomic E-state index is 0.127. The molecule has 0 aliphatic carbocycles. The van der Waals surface area contributed by atoms with Crippen molar-refractivity contribution in [3.8, 4) is 0 Å². The molecule has 0 spiro atoms. The average Bonchev–Trinajstić information content (AvgIpc) is 3.14. The van der Waals surface area contributed by atoms with Crippen LogP contribution in [0, 0.1) is 6.92 Å². The minimum Gasteiger partial charge on any atom is -0.334 e. The fraction of sp³-hybridized carbons (Fsp3) is 0.118. The van der Waals surface area contributed by atoms with Crippen molar-refractivity contribution in [1.82, 2.24) is 20.5 Å². The number of pyridine rings is 1. The van der Waals surface area contributed by atoms with Crippen LogP contribution in [-0.4, -0.2) is 29.6 Å². The number of urea groups is 1. The van der Waals surface area contributed by atoms with E-state index in [1.54, 1.807) is 25.4 Å². The van der Waals surface area contributed by atoms with E-state index in [-0.39, 0.29) is 9.79 Å². The van der Waals surface area contributed by atoms with Gasteiger partial charge in [-0.15, -0.1) is 0 Å². The first kappa shape index (κ1) is 17.6. The van der Waals surface area contributed by atoms with Crippen molar-refractivity contribution < 1.29 is 13.2 Å². The quantitative estimate of drug-likeness (QED) is 0.636. The Morgan fingerprint density at radius 1 is 1.08 bits per heavy atom. The number of anilines is 1. The molecule has 2 amide bonds. The van der Waals surface area contributed by atoms with Crippen LogP contribution in [0.3, 0.4) is 0 Å². The summed E-state index contributed by atoms with van der Waals surface area (Å²) in [5.74, 6) is 0. The van der Waals surface area contributed by atoms with Crippen LogP contribution in [0.1, 0.15) is 11.3 Å². The van der Waals surface area contributed by atoms with Crippen LogP contribution in [-0.2, 0) is 16.4 Å². The second-order valence-corrected chi connectivity index (χ2v) is 7.53. The van der Waals surface area contributed by atoms with E-state index in [1.807, 2.05) is 0 Å². The molecule has 0 bridgehead atoms.